The maximum absolute atomic E-state index is 6.35. The zero-order valence-electron chi connectivity index (χ0n) is 12.8. The molecule has 2 nitrogen and oxygen atoms in total. The van der Waals surface area contributed by atoms with Crippen molar-refractivity contribution in [2.24, 2.45) is 5.73 Å². The van der Waals surface area contributed by atoms with Gasteiger partial charge >= 0.3 is 0 Å². The van der Waals surface area contributed by atoms with E-state index in [0.717, 1.165) is 22.2 Å². The maximum atomic E-state index is 6.35. The Bertz CT molecular complexity index is 625. The summed E-state index contributed by atoms with van der Waals surface area (Å²) in [5.74, 6) is 0.861. The monoisotopic (exact) mass is 347 g/mol. The normalized spacial score (nSPS) is 12.2. The Morgan fingerprint density at radius 1 is 1.10 bits per heavy atom. The second-order valence-corrected chi connectivity index (χ2v) is 6.21. The zero-order chi connectivity index (χ0) is 15.4. The highest BCUT2D eigenvalue weighted by atomic mass is 79.9. The molecule has 2 aromatic rings. The highest BCUT2D eigenvalue weighted by molar-refractivity contribution is 9.10. The predicted octanol–water partition coefficient (Wildman–Crippen LogP) is 4.71. The van der Waals surface area contributed by atoms with Gasteiger partial charge in [-0.1, -0.05) is 24.3 Å². The molecule has 0 amide bonds. The molecule has 2 N–H and O–H groups in total. The summed E-state index contributed by atoms with van der Waals surface area (Å²) in [6.45, 7) is 6.90. The van der Waals surface area contributed by atoms with Gasteiger partial charge in [0.25, 0.3) is 0 Å². The Morgan fingerprint density at radius 2 is 1.86 bits per heavy atom. The molecule has 0 aliphatic heterocycles. The molecule has 2 aromatic carbocycles. The Morgan fingerprint density at radius 3 is 2.48 bits per heavy atom. The van der Waals surface area contributed by atoms with E-state index in [1.807, 2.05) is 19.1 Å². The van der Waals surface area contributed by atoms with Gasteiger partial charge in [-0.05, 0) is 77.5 Å². The minimum absolute atomic E-state index is 0.0147. The van der Waals surface area contributed by atoms with Crippen molar-refractivity contribution in [1.82, 2.24) is 0 Å². The van der Waals surface area contributed by atoms with Gasteiger partial charge in [-0.15, -0.1) is 0 Å². The summed E-state index contributed by atoms with van der Waals surface area (Å²) in [6, 6.07) is 12.6. The molecule has 2 rings (SSSR count). The van der Waals surface area contributed by atoms with Crippen LogP contribution < -0.4 is 10.5 Å². The molecule has 0 heterocycles. The number of aryl methyl sites for hydroxylation is 2. The minimum Gasteiger partial charge on any atom is -0.493 e. The molecule has 1 unspecified atom stereocenters. The first-order valence-corrected chi connectivity index (χ1v) is 8.04. The summed E-state index contributed by atoms with van der Waals surface area (Å²) in [6.07, 6.45) is 0.835. The summed E-state index contributed by atoms with van der Waals surface area (Å²) in [7, 11) is 0. The SMILES string of the molecule is CCOc1ccc(C(N)Cc2ccc(C)c(C)c2)cc1Br. The summed E-state index contributed by atoms with van der Waals surface area (Å²) in [5, 5.41) is 0. The molecule has 0 aliphatic rings. The van der Waals surface area contributed by atoms with Crippen molar-refractivity contribution in [2.75, 3.05) is 6.61 Å². The van der Waals surface area contributed by atoms with E-state index in [9.17, 15) is 0 Å². The first kappa shape index (κ1) is 16.1. The summed E-state index contributed by atoms with van der Waals surface area (Å²) < 4.78 is 6.49. The van der Waals surface area contributed by atoms with Crippen LogP contribution in [-0.4, -0.2) is 6.61 Å². The standard InChI is InChI=1S/C18H22BrNO/c1-4-21-18-8-7-15(11-16(18)19)17(20)10-14-6-5-12(2)13(3)9-14/h5-9,11,17H,4,10,20H2,1-3H3. The van der Waals surface area contributed by atoms with Crippen LogP contribution >= 0.6 is 15.9 Å². The van der Waals surface area contributed by atoms with Gasteiger partial charge in [0, 0.05) is 6.04 Å². The van der Waals surface area contributed by atoms with Crippen molar-refractivity contribution in [2.45, 2.75) is 33.2 Å². The van der Waals surface area contributed by atoms with Crippen LogP contribution in [0.1, 0.15) is 35.2 Å². The molecule has 0 saturated carbocycles. The number of halogens is 1. The fourth-order valence-electron chi connectivity index (χ4n) is 2.32. The van der Waals surface area contributed by atoms with E-state index < -0.39 is 0 Å². The molecule has 21 heavy (non-hydrogen) atoms. The molecule has 0 radical (unpaired) electrons. The zero-order valence-corrected chi connectivity index (χ0v) is 14.4. The molecule has 0 aromatic heterocycles. The minimum atomic E-state index is -0.0147. The van der Waals surface area contributed by atoms with Crippen LogP contribution in [0.15, 0.2) is 40.9 Å². The number of ether oxygens (including phenoxy) is 1. The van der Waals surface area contributed by atoms with Crippen LogP contribution in [0, 0.1) is 13.8 Å². The number of rotatable bonds is 5. The van der Waals surface area contributed by atoms with Gasteiger partial charge in [0.1, 0.15) is 5.75 Å². The third-order valence-electron chi connectivity index (χ3n) is 3.71. The maximum Gasteiger partial charge on any atom is 0.133 e. The lowest BCUT2D eigenvalue weighted by Crippen LogP contribution is -2.13. The van der Waals surface area contributed by atoms with Crippen molar-refractivity contribution in [3.8, 4) is 5.75 Å². The van der Waals surface area contributed by atoms with Gasteiger partial charge in [0.05, 0.1) is 11.1 Å². The van der Waals surface area contributed by atoms with Gasteiger partial charge in [0.15, 0.2) is 0 Å². The molecule has 3 heteroatoms. The van der Waals surface area contributed by atoms with Crippen molar-refractivity contribution >= 4 is 15.9 Å². The van der Waals surface area contributed by atoms with Crippen LogP contribution in [0.5, 0.6) is 5.75 Å². The van der Waals surface area contributed by atoms with E-state index in [1.54, 1.807) is 0 Å². The average Bonchev–Trinajstić information content (AvgIpc) is 2.45. The van der Waals surface area contributed by atoms with Gasteiger partial charge in [-0.25, -0.2) is 0 Å². The smallest absolute Gasteiger partial charge is 0.133 e. The highest BCUT2D eigenvalue weighted by Crippen LogP contribution is 2.29. The summed E-state index contributed by atoms with van der Waals surface area (Å²) in [4.78, 5) is 0. The lowest BCUT2D eigenvalue weighted by atomic mass is 9.97. The van der Waals surface area contributed by atoms with Crippen LogP contribution in [0.3, 0.4) is 0 Å². The number of benzene rings is 2. The fraction of sp³-hybridized carbons (Fsp3) is 0.333. The van der Waals surface area contributed by atoms with Gasteiger partial charge < -0.3 is 10.5 Å². The molecular formula is C18H22BrNO. The second kappa shape index (κ2) is 7.10. The van der Waals surface area contributed by atoms with Crippen LogP contribution in [-0.2, 0) is 6.42 Å². The molecular weight excluding hydrogens is 326 g/mol. The van der Waals surface area contributed by atoms with Gasteiger partial charge in [-0.2, -0.15) is 0 Å². The quantitative estimate of drug-likeness (QED) is 0.850. The van der Waals surface area contributed by atoms with Crippen molar-refractivity contribution in [3.05, 3.63) is 63.1 Å². The number of nitrogens with two attached hydrogens (primary N) is 1. The van der Waals surface area contributed by atoms with E-state index in [2.05, 4.69) is 54.0 Å². The van der Waals surface area contributed by atoms with Crippen molar-refractivity contribution in [3.63, 3.8) is 0 Å². The van der Waals surface area contributed by atoms with E-state index in [0.29, 0.717) is 6.61 Å². The molecule has 0 aliphatic carbocycles. The van der Waals surface area contributed by atoms with Crippen molar-refractivity contribution in [1.29, 1.82) is 0 Å². The molecule has 0 saturated heterocycles. The molecule has 0 spiro atoms. The van der Waals surface area contributed by atoms with Crippen LogP contribution in [0.25, 0.3) is 0 Å². The molecule has 0 fully saturated rings. The van der Waals surface area contributed by atoms with Gasteiger partial charge in [-0.3, -0.25) is 0 Å². The van der Waals surface area contributed by atoms with Crippen LogP contribution in [0.4, 0.5) is 0 Å². The Hall–Kier alpha value is -1.32. The number of hydrogen-bond acceptors (Lipinski definition) is 2. The molecule has 112 valence electrons. The Labute approximate surface area is 135 Å². The lowest BCUT2D eigenvalue weighted by Gasteiger charge is -2.15. The third-order valence-corrected chi connectivity index (χ3v) is 4.33. The Balaban J connectivity index is 2.14. The topological polar surface area (TPSA) is 35.2 Å². The third kappa shape index (κ3) is 4.08. The number of hydrogen-bond donors (Lipinski definition) is 1. The van der Waals surface area contributed by atoms with E-state index >= 15 is 0 Å². The highest BCUT2D eigenvalue weighted by Gasteiger charge is 2.10. The first-order chi connectivity index (χ1) is 10.0. The molecule has 1 atom stereocenters. The fourth-order valence-corrected chi connectivity index (χ4v) is 2.83. The van der Waals surface area contributed by atoms with E-state index in [4.69, 9.17) is 10.5 Å². The largest absolute Gasteiger partial charge is 0.493 e. The summed E-state index contributed by atoms with van der Waals surface area (Å²) >= 11 is 3.54. The summed E-state index contributed by atoms with van der Waals surface area (Å²) in [5.41, 5.74) is 11.4. The van der Waals surface area contributed by atoms with E-state index in [1.165, 1.54) is 16.7 Å². The lowest BCUT2D eigenvalue weighted by molar-refractivity contribution is 0.338. The first-order valence-electron chi connectivity index (χ1n) is 7.25. The average molecular weight is 348 g/mol. The predicted molar refractivity (Wildman–Crippen MR) is 91.9 cm³/mol. The molecule has 0 bridgehead atoms. The van der Waals surface area contributed by atoms with E-state index in [-0.39, 0.29) is 6.04 Å². The second-order valence-electron chi connectivity index (χ2n) is 5.35. The van der Waals surface area contributed by atoms with Gasteiger partial charge in [0.2, 0.25) is 0 Å². The van der Waals surface area contributed by atoms with Crippen molar-refractivity contribution < 1.29 is 4.74 Å². The van der Waals surface area contributed by atoms with Crippen LogP contribution in [0.2, 0.25) is 0 Å². The Kier molecular flexibility index (Phi) is 5.43.